The van der Waals surface area contributed by atoms with Crippen molar-refractivity contribution in [2.75, 3.05) is 19.8 Å². The minimum Gasteiger partial charge on any atom is -0.479 e. The van der Waals surface area contributed by atoms with Crippen LogP contribution in [-0.2, 0) is 9.53 Å². The van der Waals surface area contributed by atoms with Gasteiger partial charge in [-0.25, -0.2) is 9.59 Å². The Morgan fingerprint density at radius 1 is 1.32 bits per heavy atom. The van der Waals surface area contributed by atoms with Gasteiger partial charge in [-0.2, -0.15) is 0 Å². The van der Waals surface area contributed by atoms with Crippen LogP contribution in [0, 0.1) is 5.92 Å². The highest BCUT2D eigenvalue weighted by Gasteiger charge is 2.43. The average molecular weight is 270 g/mol. The monoisotopic (exact) mass is 270 g/mol. The van der Waals surface area contributed by atoms with Crippen molar-refractivity contribution in [1.29, 1.82) is 0 Å². The first-order valence-corrected chi connectivity index (χ1v) is 6.99. The van der Waals surface area contributed by atoms with E-state index in [2.05, 4.69) is 10.6 Å². The number of rotatable bonds is 5. The number of carbonyl (C=O) groups excluding carboxylic acids is 1. The molecule has 2 aliphatic rings. The molecule has 0 bridgehead atoms. The first kappa shape index (κ1) is 14.1. The lowest BCUT2D eigenvalue weighted by Crippen LogP contribution is -2.57. The van der Waals surface area contributed by atoms with Gasteiger partial charge >= 0.3 is 12.0 Å². The van der Waals surface area contributed by atoms with Gasteiger partial charge in [0.1, 0.15) is 0 Å². The molecule has 1 unspecified atom stereocenters. The van der Waals surface area contributed by atoms with Crippen molar-refractivity contribution in [1.82, 2.24) is 10.6 Å². The summed E-state index contributed by atoms with van der Waals surface area (Å²) in [4.78, 5) is 23.0. The summed E-state index contributed by atoms with van der Waals surface area (Å²) in [5, 5.41) is 14.5. The Bertz CT molecular complexity index is 334. The molecule has 3 N–H and O–H groups in total. The van der Waals surface area contributed by atoms with Gasteiger partial charge in [0, 0.05) is 19.6 Å². The number of carbonyl (C=O) groups is 2. The molecule has 1 aliphatic carbocycles. The molecule has 108 valence electrons. The molecular weight excluding hydrogens is 248 g/mol. The largest absolute Gasteiger partial charge is 0.479 e. The van der Waals surface area contributed by atoms with Crippen molar-refractivity contribution in [2.45, 2.75) is 44.1 Å². The third-order valence-corrected chi connectivity index (χ3v) is 4.10. The Labute approximate surface area is 112 Å². The van der Waals surface area contributed by atoms with Crippen LogP contribution in [0.5, 0.6) is 0 Å². The smallest absolute Gasteiger partial charge is 0.332 e. The zero-order chi connectivity index (χ0) is 13.7. The van der Waals surface area contributed by atoms with E-state index in [0.29, 0.717) is 25.5 Å². The maximum Gasteiger partial charge on any atom is 0.332 e. The highest BCUT2D eigenvalue weighted by atomic mass is 16.5. The summed E-state index contributed by atoms with van der Waals surface area (Å²) in [6.07, 6.45) is 6.36. The Balaban J connectivity index is 1.72. The SMILES string of the molecule is O=C(NCCC1CCCC1)NC1(C(=O)O)CCOC1. The molecular formula is C13H22N2O4. The predicted molar refractivity (Wildman–Crippen MR) is 68.9 cm³/mol. The molecule has 1 heterocycles. The van der Waals surface area contributed by atoms with E-state index >= 15 is 0 Å². The molecule has 2 rings (SSSR count). The molecule has 2 amide bonds. The van der Waals surface area contributed by atoms with Crippen LogP contribution in [0.1, 0.15) is 38.5 Å². The van der Waals surface area contributed by atoms with Gasteiger partial charge in [0.05, 0.1) is 6.61 Å². The standard InChI is InChI=1S/C13H22N2O4/c16-11(17)13(6-8-19-9-13)15-12(18)14-7-5-10-3-1-2-4-10/h10H,1-9H2,(H,16,17)(H2,14,15,18). The topological polar surface area (TPSA) is 87.7 Å². The maximum absolute atomic E-state index is 11.7. The van der Waals surface area contributed by atoms with Crippen molar-refractivity contribution in [2.24, 2.45) is 5.92 Å². The maximum atomic E-state index is 11.7. The van der Waals surface area contributed by atoms with Crippen LogP contribution in [0.25, 0.3) is 0 Å². The van der Waals surface area contributed by atoms with Gasteiger partial charge in [-0.3, -0.25) is 0 Å². The minimum atomic E-state index is -1.25. The Morgan fingerprint density at radius 2 is 2.05 bits per heavy atom. The van der Waals surface area contributed by atoms with E-state index in [1.54, 1.807) is 0 Å². The van der Waals surface area contributed by atoms with Crippen molar-refractivity contribution in [3.05, 3.63) is 0 Å². The van der Waals surface area contributed by atoms with E-state index in [-0.39, 0.29) is 6.61 Å². The first-order chi connectivity index (χ1) is 9.12. The Hall–Kier alpha value is -1.30. The molecule has 2 fully saturated rings. The number of carboxylic acids is 1. The molecule has 0 aromatic rings. The zero-order valence-corrected chi connectivity index (χ0v) is 11.1. The fourth-order valence-corrected chi connectivity index (χ4v) is 2.84. The van der Waals surface area contributed by atoms with E-state index in [0.717, 1.165) is 6.42 Å². The number of carboxylic acid groups (broad SMARTS) is 1. The van der Waals surface area contributed by atoms with Crippen molar-refractivity contribution >= 4 is 12.0 Å². The van der Waals surface area contributed by atoms with E-state index in [1.165, 1.54) is 25.7 Å². The number of nitrogens with one attached hydrogen (secondary N) is 2. The minimum absolute atomic E-state index is 0.0401. The summed E-state index contributed by atoms with van der Waals surface area (Å²) >= 11 is 0. The Morgan fingerprint density at radius 3 is 2.63 bits per heavy atom. The Kier molecular flexibility index (Phi) is 4.63. The summed E-state index contributed by atoms with van der Waals surface area (Å²) in [6, 6.07) is -0.411. The zero-order valence-electron chi connectivity index (χ0n) is 11.1. The summed E-state index contributed by atoms with van der Waals surface area (Å²) in [6.45, 7) is 1.01. The molecule has 1 aliphatic heterocycles. The van der Waals surface area contributed by atoms with Crippen LogP contribution in [0.2, 0.25) is 0 Å². The predicted octanol–water partition coefficient (Wildman–Crippen LogP) is 1.11. The summed E-state index contributed by atoms with van der Waals surface area (Å²) in [5.74, 6) is -0.320. The van der Waals surface area contributed by atoms with Gasteiger partial charge in [0.25, 0.3) is 0 Å². The lowest BCUT2D eigenvalue weighted by atomic mass is 9.99. The second-order valence-corrected chi connectivity index (χ2v) is 5.51. The number of amides is 2. The molecule has 1 atom stereocenters. The van der Waals surface area contributed by atoms with Gasteiger partial charge < -0.3 is 20.5 Å². The number of urea groups is 1. The van der Waals surface area contributed by atoms with E-state index in [4.69, 9.17) is 4.74 Å². The fraction of sp³-hybridized carbons (Fsp3) is 0.846. The molecule has 0 radical (unpaired) electrons. The quantitative estimate of drug-likeness (QED) is 0.698. The molecule has 6 nitrogen and oxygen atoms in total. The average Bonchev–Trinajstić information content (AvgIpc) is 3.00. The fourth-order valence-electron chi connectivity index (χ4n) is 2.84. The van der Waals surface area contributed by atoms with Crippen LogP contribution in [0.15, 0.2) is 0 Å². The number of ether oxygens (including phenoxy) is 1. The van der Waals surface area contributed by atoms with Gasteiger partial charge in [-0.1, -0.05) is 25.7 Å². The molecule has 19 heavy (non-hydrogen) atoms. The number of aliphatic carboxylic acids is 1. The van der Waals surface area contributed by atoms with Crippen LogP contribution >= 0.6 is 0 Å². The van der Waals surface area contributed by atoms with Crippen LogP contribution in [-0.4, -0.2) is 42.4 Å². The van der Waals surface area contributed by atoms with Crippen molar-refractivity contribution in [3.63, 3.8) is 0 Å². The first-order valence-electron chi connectivity index (χ1n) is 6.99. The van der Waals surface area contributed by atoms with Gasteiger partial charge in [-0.05, 0) is 12.3 Å². The molecule has 6 heteroatoms. The molecule has 0 spiro atoms. The van der Waals surface area contributed by atoms with Gasteiger partial charge in [-0.15, -0.1) is 0 Å². The summed E-state index contributed by atoms with van der Waals surface area (Å²) in [5.41, 5.74) is -1.25. The lowest BCUT2D eigenvalue weighted by molar-refractivity contribution is -0.144. The van der Waals surface area contributed by atoms with Crippen LogP contribution in [0.3, 0.4) is 0 Å². The van der Waals surface area contributed by atoms with Gasteiger partial charge in [0.15, 0.2) is 5.54 Å². The molecule has 1 saturated carbocycles. The second kappa shape index (κ2) is 6.23. The third-order valence-electron chi connectivity index (χ3n) is 4.10. The van der Waals surface area contributed by atoms with Crippen molar-refractivity contribution < 1.29 is 19.4 Å². The lowest BCUT2D eigenvalue weighted by Gasteiger charge is -2.24. The van der Waals surface area contributed by atoms with E-state index in [1.807, 2.05) is 0 Å². The van der Waals surface area contributed by atoms with Crippen molar-refractivity contribution in [3.8, 4) is 0 Å². The number of hydrogen-bond acceptors (Lipinski definition) is 3. The third kappa shape index (κ3) is 3.59. The molecule has 0 aromatic carbocycles. The highest BCUT2D eigenvalue weighted by Crippen LogP contribution is 2.26. The van der Waals surface area contributed by atoms with Crippen LogP contribution < -0.4 is 10.6 Å². The highest BCUT2D eigenvalue weighted by molar-refractivity contribution is 5.86. The van der Waals surface area contributed by atoms with Crippen LogP contribution in [0.4, 0.5) is 4.79 Å². The number of hydrogen-bond donors (Lipinski definition) is 3. The van der Waals surface area contributed by atoms with E-state index < -0.39 is 17.5 Å². The molecule has 1 saturated heterocycles. The van der Waals surface area contributed by atoms with Gasteiger partial charge in [0.2, 0.25) is 0 Å². The second-order valence-electron chi connectivity index (χ2n) is 5.51. The molecule has 0 aromatic heterocycles. The summed E-state index contributed by atoms with van der Waals surface area (Å²) < 4.78 is 5.09. The normalized spacial score (nSPS) is 27.4. The van der Waals surface area contributed by atoms with E-state index in [9.17, 15) is 14.7 Å². The summed E-state index contributed by atoms with van der Waals surface area (Å²) in [7, 11) is 0.